The van der Waals surface area contributed by atoms with Crippen LogP contribution in [0.3, 0.4) is 0 Å². The van der Waals surface area contributed by atoms with Gasteiger partial charge in [0.2, 0.25) is 5.88 Å². The van der Waals surface area contributed by atoms with Crippen LogP contribution in [0, 0.1) is 0 Å². The van der Waals surface area contributed by atoms with Gasteiger partial charge in [-0.05, 0) is 31.0 Å². The van der Waals surface area contributed by atoms with Crippen molar-refractivity contribution in [2.24, 2.45) is 0 Å². The monoisotopic (exact) mass is 364 g/mol. The molecule has 8 heteroatoms. The van der Waals surface area contributed by atoms with E-state index in [0.717, 1.165) is 29.7 Å². The summed E-state index contributed by atoms with van der Waals surface area (Å²) in [5.74, 6) is 1.30. The molecule has 8 nitrogen and oxygen atoms in total. The highest BCUT2D eigenvalue weighted by Gasteiger charge is 2.24. The first-order valence-corrected chi connectivity index (χ1v) is 8.85. The van der Waals surface area contributed by atoms with E-state index in [4.69, 9.17) is 4.74 Å². The highest BCUT2D eigenvalue weighted by atomic mass is 16.5. The smallest absolute Gasteiger partial charge is 0.253 e. The predicted octanol–water partition coefficient (Wildman–Crippen LogP) is 2.15. The van der Waals surface area contributed by atoms with E-state index in [2.05, 4.69) is 25.3 Å². The van der Waals surface area contributed by atoms with E-state index in [9.17, 15) is 4.79 Å². The minimum atomic E-state index is 0.0321. The average molecular weight is 364 g/mol. The molecule has 3 heterocycles. The third-order valence-corrected chi connectivity index (χ3v) is 4.70. The van der Waals surface area contributed by atoms with Gasteiger partial charge in [-0.3, -0.25) is 14.8 Å². The van der Waals surface area contributed by atoms with Gasteiger partial charge in [-0.2, -0.15) is 0 Å². The number of anilines is 1. The highest BCUT2D eigenvalue weighted by molar-refractivity contribution is 5.97. The fourth-order valence-electron chi connectivity index (χ4n) is 3.24. The van der Waals surface area contributed by atoms with Crippen LogP contribution in [0.4, 0.5) is 5.82 Å². The molecular weight excluding hydrogens is 344 g/mol. The number of nitrogens with one attached hydrogen (secondary N) is 1. The Balaban J connectivity index is 1.38. The number of likely N-dealkylation sites (tertiary alicyclic amines) is 1. The molecule has 1 fully saturated rings. The van der Waals surface area contributed by atoms with Gasteiger partial charge in [-0.1, -0.05) is 0 Å². The Hall–Kier alpha value is -3.29. The molecule has 0 atom stereocenters. The Morgan fingerprint density at radius 2 is 1.85 bits per heavy atom. The fraction of sp³-hybridized carbons (Fsp3) is 0.316. The molecule has 0 radical (unpaired) electrons. The number of rotatable bonds is 4. The molecule has 1 saturated heterocycles. The lowest BCUT2D eigenvalue weighted by Gasteiger charge is -2.32. The van der Waals surface area contributed by atoms with Crippen LogP contribution in [0.5, 0.6) is 5.88 Å². The standard InChI is InChI=1S/C19H20N6O2/c1-27-18-11-17(22-12-23-18)24-14-4-8-25(9-5-14)19(26)13-2-3-15-16(10-13)21-7-6-20-15/h2-3,6-7,10-12,14H,4-5,8-9H2,1H3,(H,22,23,24). The van der Waals surface area contributed by atoms with E-state index in [1.807, 2.05) is 23.1 Å². The number of amides is 1. The zero-order chi connectivity index (χ0) is 18.6. The van der Waals surface area contributed by atoms with Crippen molar-refractivity contribution in [1.29, 1.82) is 0 Å². The summed E-state index contributed by atoms with van der Waals surface area (Å²) in [6.45, 7) is 1.38. The fourth-order valence-corrected chi connectivity index (χ4v) is 3.24. The first-order chi connectivity index (χ1) is 13.2. The van der Waals surface area contributed by atoms with Crippen molar-refractivity contribution in [3.63, 3.8) is 0 Å². The molecule has 0 saturated carbocycles. The van der Waals surface area contributed by atoms with Crippen LogP contribution in [-0.2, 0) is 0 Å². The maximum atomic E-state index is 12.8. The molecule has 0 spiro atoms. The van der Waals surface area contributed by atoms with Crippen LogP contribution >= 0.6 is 0 Å². The first-order valence-electron chi connectivity index (χ1n) is 8.85. The van der Waals surface area contributed by atoms with E-state index in [1.165, 1.54) is 6.33 Å². The second-order valence-corrected chi connectivity index (χ2v) is 6.42. The summed E-state index contributed by atoms with van der Waals surface area (Å²) in [7, 11) is 1.58. The number of methoxy groups -OCH3 is 1. The zero-order valence-electron chi connectivity index (χ0n) is 15.0. The summed E-state index contributed by atoms with van der Waals surface area (Å²) < 4.78 is 5.12. The van der Waals surface area contributed by atoms with E-state index in [0.29, 0.717) is 24.5 Å². The number of hydrogen-bond acceptors (Lipinski definition) is 7. The highest BCUT2D eigenvalue weighted by Crippen LogP contribution is 2.20. The van der Waals surface area contributed by atoms with Gasteiger partial charge >= 0.3 is 0 Å². The maximum Gasteiger partial charge on any atom is 0.253 e. The largest absolute Gasteiger partial charge is 0.481 e. The molecule has 27 heavy (non-hydrogen) atoms. The molecule has 1 aromatic carbocycles. The number of nitrogens with zero attached hydrogens (tertiary/aromatic N) is 5. The van der Waals surface area contributed by atoms with Gasteiger partial charge in [0.05, 0.1) is 18.1 Å². The third kappa shape index (κ3) is 3.79. The number of aromatic nitrogens is 4. The van der Waals surface area contributed by atoms with Crippen LogP contribution in [0.25, 0.3) is 11.0 Å². The van der Waals surface area contributed by atoms with Crippen LogP contribution in [0.1, 0.15) is 23.2 Å². The molecule has 0 bridgehead atoms. The van der Waals surface area contributed by atoms with Crippen molar-refractivity contribution in [3.8, 4) is 5.88 Å². The molecule has 1 N–H and O–H groups in total. The minimum Gasteiger partial charge on any atom is -0.481 e. The zero-order valence-corrected chi connectivity index (χ0v) is 15.0. The molecule has 138 valence electrons. The van der Waals surface area contributed by atoms with Gasteiger partial charge in [0.1, 0.15) is 12.1 Å². The SMILES string of the molecule is COc1cc(NC2CCN(C(=O)c3ccc4nccnc4c3)CC2)ncn1. The number of carbonyl (C=O) groups excluding carboxylic acids is 1. The van der Waals surface area contributed by atoms with Crippen LogP contribution in [0.2, 0.25) is 0 Å². The molecule has 0 aliphatic carbocycles. The Bertz CT molecular complexity index is 956. The molecular formula is C19H20N6O2. The summed E-state index contributed by atoms with van der Waals surface area (Å²) in [5, 5.41) is 3.39. The van der Waals surface area contributed by atoms with Gasteiger partial charge < -0.3 is 15.0 Å². The summed E-state index contributed by atoms with van der Waals surface area (Å²) in [4.78, 5) is 31.4. The van der Waals surface area contributed by atoms with Crippen molar-refractivity contribution in [1.82, 2.24) is 24.8 Å². The van der Waals surface area contributed by atoms with E-state index >= 15 is 0 Å². The van der Waals surface area contributed by atoms with Crippen LogP contribution in [-0.4, -0.2) is 57.0 Å². The average Bonchev–Trinajstić information content (AvgIpc) is 2.73. The number of piperidine rings is 1. The molecule has 1 aliphatic rings. The van der Waals surface area contributed by atoms with E-state index in [1.54, 1.807) is 25.6 Å². The van der Waals surface area contributed by atoms with Crippen molar-refractivity contribution < 1.29 is 9.53 Å². The molecule has 0 unspecified atom stereocenters. The molecule has 4 rings (SSSR count). The van der Waals surface area contributed by atoms with Crippen molar-refractivity contribution in [2.45, 2.75) is 18.9 Å². The minimum absolute atomic E-state index is 0.0321. The second kappa shape index (κ2) is 7.53. The Kier molecular flexibility index (Phi) is 4.78. The molecule has 2 aromatic heterocycles. The quantitative estimate of drug-likeness (QED) is 0.758. The van der Waals surface area contributed by atoms with Gasteiger partial charge in [0.15, 0.2) is 0 Å². The third-order valence-electron chi connectivity index (χ3n) is 4.70. The van der Waals surface area contributed by atoms with Crippen LogP contribution < -0.4 is 10.1 Å². The number of fused-ring (bicyclic) bond motifs is 1. The van der Waals surface area contributed by atoms with Gasteiger partial charge in [-0.25, -0.2) is 9.97 Å². The Labute approximate surface area is 156 Å². The maximum absolute atomic E-state index is 12.8. The number of hydrogen-bond donors (Lipinski definition) is 1. The van der Waals surface area contributed by atoms with Crippen molar-refractivity contribution in [2.75, 3.05) is 25.5 Å². The lowest BCUT2D eigenvalue weighted by molar-refractivity contribution is 0.0718. The topological polar surface area (TPSA) is 93.1 Å². The lowest BCUT2D eigenvalue weighted by atomic mass is 10.0. The van der Waals surface area contributed by atoms with Gasteiger partial charge in [0, 0.05) is 43.2 Å². The number of carbonyl (C=O) groups is 1. The lowest BCUT2D eigenvalue weighted by Crippen LogP contribution is -2.42. The summed E-state index contributed by atoms with van der Waals surface area (Å²) in [6, 6.07) is 7.50. The van der Waals surface area contributed by atoms with E-state index in [-0.39, 0.29) is 11.9 Å². The number of benzene rings is 1. The van der Waals surface area contributed by atoms with Crippen molar-refractivity contribution >= 4 is 22.8 Å². The van der Waals surface area contributed by atoms with Gasteiger partial charge in [0.25, 0.3) is 5.91 Å². The first kappa shape index (κ1) is 17.1. The Morgan fingerprint density at radius 3 is 2.63 bits per heavy atom. The molecule has 3 aromatic rings. The number of ether oxygens (including phenoxy) is 1. The Morgan fingerprint density at radius 1 is 1.07 bits per heavy atom. The van der Waals surface area contributed by atoms with Gasteiger partial charge in [-0.15, -0.1) is 0 Å². The normalized spacial score (nSPS) is 14.9. The summed E-state index contributed by atoms with van der Waals surface area (Å²) in [6.07, 6.45) is 6.46. The summed E-state index contributed by atoms with van der Waals surface area (Å²) in [5.41, 5.74) is 2.17. The molecule has 1 amide bonds. The summed E-state index contributed by atoms with van der Waals surface area (Å²) >= 11 is 0. The molecule has 1 aliphatic heterocycles. The predicted molar refractivity (Wildman–Crippen MR) is 101 cm³/mol. The second-order valence-electron chi connectivity index (χ2n) is 6.42. The van der Waals surface area contributed by atoms with Crippen molar-refractivity contribution in [3.05, 3.63) is 48.5 Å². The van der Waals surface area contributed by atoms with E-state index < -0.39 is 0 Å². The van der Waals surface area contributed by atoms with Crippen LogP contribution in [0.15, 0.2) is 43.0 Å².